The van der Waals surface area contributed by atoms with Crippen molar-refractivity contribution >= 4 is 22.3 Å². The van der Waals surface area contributed by atoms with Gasteiger partial charge in [0.1, 0.15) is 0 Å². The molecule has 1 N–H and O–H groups in total. The second kappa shape index (κ2) is 10.2. The third-order valence-electron chi connectivity index (χ3n) is 6.76. The Kier molecular flexibility index (Phi) is 6.53. The second-order valence-electron chi connectivity index (χ2n) is 9.16. The summed E-state index contributed by atoms with van der Waals surface area (Å²) in [6, 6.07) is 21.2. The van der Waals surface area contributed by atoms with Crippen LogP contribution in [0.4, 0.5) is 10.9 Å². The maximum Gasteiger partial charge on any atom is 0.189 e. The standard InChI is InChI=1S/C28H29N5OS/c1-2-7-21(8-3-1)27-25(19-33-14-16-34-17-15-33)35-28(30-27)29-26-13-12-24(31-32-26)23-11-10-20-6-4-5-9-22(20)18-23/h1-3,7-8,10-13,18H,4-6,9,14-17,19H2,(H,29,30,32). The molecule has 0 atom stereocenters. The molecule has 0 bridgehead atoms. The molecule has 0 radical (unpaired) electrons. The molecule has 0 spiro atoms. The fourth-order valence-corrected chi connectivity index (χ4v) is 5.88. The summed E-state index contributed by atoms with van der Waals surface area (Å²) < 4.78 is 5.52. The second-order valence-corrected chi connectivity index (χ2v) is 10.2. The zero-order chi connectivity index (χ0) is 23.5. The minimum Gasteiger partial charge on any atom is -0.379 e. The molecule has 1 aliphatic heterocycles. The first-order valence-electron chi connectivity index (χ1n) is 12.4. The zero-order valence-corrected chi connectivity index (χ0v) is 20.6. The smallest absolute Gasteiger partial charge is 0.189 e. The normalized spacial score (nSPS) is 16.1. The van der Waals surface area contributed by atoms with Gasteiger partial charge in [-0.3, -0.25) is 4.90 Å². The van der Waals surface area contributed by atoms with E-state index in [2.05, 4.69) is 62.9 Å². The minimum atomic E-state index is 0.706. The van der Waals surface area contributed by atoms with Crippen molar-refractivity contribution in [3.8, 4) is 22.5 Å². The fraction of sp³-hybridized carbons (Fsp3) is 0.321. The maximum absolute atomic E-state index is 5.52. The number of hydrogen-bond acceptors (Lipinski definition) is 7. The third kappa shape index (κ3) is 5.12. The van der Waals surface area contributed by atoms with Gasteiger partial charge in [-0.15, -0.1) is 10.2 Å². The predicted molar refractivity (Wildman–Crippen MR) is 141 cm³/mol. The van der Waals surface area contributed by atoms with E-state index in [0.717, 1.165) is 66.9 Å². The van der Waals surface area contributed by atoms with Crippen LogP contribution in [0.3, 0.4) is 0 Å². The lowest BCUT2D eigenvalue weighted by Gasteiger charge is -2.26. The lowest BCUT2D eigenvalue weighted by molar-refractivity contribution is 0.0347. The third-order valence-corrected chi connectivity index (χ3v) is 7.71. The molecule has 0 amide bonds. The van der Waals surface area contributed by atoms with Gasteiger partial charge >= 0.3 is 0 Å². The van der Waals surface area contributed by atoms with E-state index < -0.39 is 0 Å². The van der Waals surface area contributed by atoms with Gasteiger partial charge < -0.3 is 10.1 Å². The first-order chi connectivity index (χ1) is 17.3. The molecule has 4 aromatic rings. The van der Waals surface area contributed by atoms with Crippen LogP contribution in [0.25, 0.3) is 22.5 Å². The molecule has 178 valence electrons. The van der Waals surface area contributed by atoms with Gasteiger partial charge in [0.25, 0.3) is 0 Å². The Hall–Kier alpha value is -3.13. The summed E-state index contributed by atoms with van der Waals surface area (Å²) in [4.78, 5) is 8.63. The van der Waals surface area contributed by atoms with Crippen molar-refractivity contribution in [1.29, 1.82) is 0 Å². The predicted octanol–water partition coefficient (Wildman–Crippen LogP) is 5.72. The van der Waals surface area contributed by atoms with Crippen molar-refractivity contribution in [1.82, 2.24) is 20.1 Å². The molecular weight excluding hydrogens is 454 g/mol. The number of morpholine rings is 1. The van der Waals surface area contributed by atoms with Crippen LogP contribution >= 0.6 is 11.3 Å². The Balaban J connectivity index is 1.22. The molecule has 1 fully saturated rings. The van der Waals surface area contributed by atoms with E-state index in [1.807, 2.05) is 18.2 Å². The molecule has 1 saturated heterocycles. The maximum atomic E-state index is 5.52. The largest absolute Gasteiger partial charge is 0.379 e. The molecule has 6 nitrogen and oxygen atoms in total. The molecule has 1 aliphatic carbocycles. The molecule has 2 aromatic heterocycles. The van der Waals surface area contributed by atoms with Crippen molar-refractivity contribution in [3.63, 3.8) is 0 Å². The Morgan fingerprint density at radius 3 is 2.49 bits per heavy atom. The zero-order valence-electron chi connectivity index (χ0n) is 19.7. The van der Waals surface area contributed by atoms with Crippen LogP contribution in [-0.4, -0.2) is 46.4 Å². The number of rotatable bonds is 6. The lowest BCUT2D eigenvalue weighted by atomic mass is 9.90. The summed E-state index contributed by atoms with van der Waals surface area (Å²) in [5.74, 6) is 0.706. The number of nitrogens with one attached hydrogen (secondary N) is 1. The quantitative estimate of drug-likeness (QED) is 0.378. The van der Waals surface area contributed by atoms with Crippen molar-refractivity contribution in [2.24, 2.45) is 0 Å². The average molecular weight is 484 g/mol. The highest BCUT2D eigenvalue weighted by molar-refractivity contribution is 7.16. The number of benzene rings is 2. The van der Waals surface area contributed by atoms with E-state index in [-0.39, 0.29) is 0 Å². The molecule has 35 heavy (non-hydrogen) atoms. The van der Waals surface area contributed by atoms with Crippen LogP contribution in [0.2, 0.25) is 0 Å². The summed E-state index contributed by atoms with van der Waals surface area (Å²) in [6.45, 7) is 4.35. The van der Waals surface area contributed by atoms with E-state index in [0.29, 0.717) is 5.82 Å². The number of fused-ring (bicyclic) bond motifs is 1. The Morgan fingerprint density at radius 2 is 1.69 bits per heavy atom. The van der Waals surface area contributed by atoms with E-state index in [4.69, 9.17) is 9.72 Å². The fourth-order valence-electron chi connectivity index (χ4n) is 4.85. The first kappa shape index (κ1) is 22.3. The van der Waals surface area contributed by atoms with Crippen LogP contribution in [0.5, 0.6) is 0 Å². The van der Waals surface area contributed by atoms with E-state index in [1.165, 1.54) is 35.3 Å². The molecule has 0 unspecified atom stereocenters. The summed E-state index contributed by atoms with van der Waals surface area (Å²) in [5.41, 5.74) is 7.15. The van der Waals surface area contributed by atoms with Gasteiger partial charge in [-0.25, -0.2) is 4.98 Å². The highest BCUT2D eigenvalue weighted by Crippen LogP contribution is 2.34. The van der Waals surface area contributed by atoms with Crippen molar-refractivity contribution in [2.45, 2.75) is 32.2 Å². The van der Waals surface area contributed by atoms with Crippen LogP contribution in [0.1, 0.15) is 28.8 Å². The Morgan fingerprint density at radius 1 is 0.857 bits per heavy atom. The average Bonchev–Trinajstić information content (AvgIpc) is 3.31. The topological polar surface area (TPSA) is 63.2 Å². The number of hydrogen-bond donors (Lipinski definition) is 1. The molecule has 7 heteroatoms. The van der Waals surface area contributed by atoms with Crippen LogP contribution < -0.4 is 5.32 Å². The molecular formula is C28H29N5OS. The molecule has 2 aliphatic rings. The lowest BCUT2D eigenvalue weighted by Crippen LogP contribution is -2.35. The number of thiazole rings is 1. The van der Waals surface area contributed by atoms with E-state index in [9.17, 15) is 0 Å². The number of ether oxygens (including phenoxy) is 1. The summed E-state index contributed by atoms with van der Waals surface area (Å²) in [5, 5.41) is 13.2. The SMILES string of the molecule is c1ccc(-c2nc(Nc3ccc(-c4ccc5c(c4)CCCC5)nn3)sc2CN2CCOCC2)cc1. The van der Waals surface area contributed by atoms with Gasteiger partial charge in [0.2, 0.25) is 0 Å². The van der Waals surface area contributed by atoms with Crippen LogP contribution in [-0.2, 0) is 24.1 Å². The summed E-state index contributed by atoms with van der Waals surface area (Å²) in [7, 11) is 0. The van der Waals surface area contributed by atoms with Gasteiger partial charge in [-0.2, -0.15) is 0 Å². The Labute approximate surface area is 210 Å². The Bertz CT molecular complexity index is 1280. The van der Waals surface area contributed by atoms with Crippen molar-refractivity contribution in [3.05, 3.63) is 76.7 Å². The van der Waals surface area contributed by atoms with Crippen LogP contribution in [0, 0.1) is 0 Å². The highest BCUT2D eigenvalue weighted by Gasteiger charge is 2.19. The number of aryl methyl sites for hydroxylation is 2. The monoisotopic (exact) mass is 483 g/mol. The van der Waals surface area contributed by atoms with Gasteiger partial charge in [-0.1, -0.05) is 53.8 Å². The summed E-state index contributed by atoms with van der Waals surface area (Å²) >= 11 is 1.69. The van der Waals surface area contributed by atoms with Gasteiger partial charge in [0.15, 0.2) is 10.9 Å². The summed E-state index contributed by atoms with van der Waals surface area (Å²) in [6.07, 6.45) is 4.92. The van der Waals surface area contributed by atoms with Gasteiger partial charge in [0, 0.05) is 35.6 Å². The minimum absolute atomic E-state index is 0.706. The number of aromatic nitrogens is 3. The van der Waals surface area contributed by atoms with Crippen LogP contribution in [0.15, 0.2) is 60.7 Å². The van der Waals surface area contributed by atoms with Gasteiger partial charge in [0.05, 0.1) is 24.6 Å². The first-order valence-corrected chi connectivity index (χ1v) is 13.2. The van der Waals surface area contributed by atoms with Gasteiger partial charge in [-0.05, 0) is 55.0 Å². The molecule has 2 aromatic carbocycles. The molecule has 3 heterocycles. The molecule has 6 rings (SSSR count). The number of anilines is 2. The van der Waals surface area contributed by atoms with E-state index in [1.54, 1.807) is 11.3 Å². The van der Waals surface area contributed by atoms with Crippen molar-refractivity contribution in [2.75, 3.05) is 31.6 Å². The molecule has 0 saturated carbocycles. The number of nitrogens with zero attached hydrogens (tertiary/aromatic N) is 4. The highest BCUT2D eigenvalue weighted by atomic mass is 32.1. The van der Waals surface area contributed by atoms with E-state index >= 15 is 0 Å². The van der Waals surface area contributed by atoms with Crippen molar-refractivity contribution < 1.29 is 4.74 Å².